The summed E-state index contributed by atoms with van der Waals surface area (Å²) < 4.78 is 1.99. The van der Waals surface area contributed by atoms with E-state index in [1.165, 1.54) is 0 Å². The Bertz CT molecular complexity index is 255. The Morgan fingerprint density at radius 1 is 1.33 bits per heavy atom. The average Bonchev–Trinajstić information content (AvgIpc) is 2.05. The van der Waals surface area contributed by atoms with Gasteiger partial charge >= 0.3 is 51.4 Å². The van der Waals surface area contributed by atoms with Crippen LogP contribution in [0.2, 0.25) is 0 Å². The van der Waals surface area contributed by atoms with E-state index in [1.54, 1.807) is 3.93 Å². The van der Waals surface area contributed by atoms with Crippen molar-refractivity contribution in [3.63, 3.8) is 0 Å². The van der Waals surface area contributed by atoms with Gasteiger partial charge < -0.3 is 24.8 Å². The fourth-order valence-electron chi connectivity index (χ4n) is 0.664. The van der Waals surface area contributed by atoms with Crippen LogP contribution in [-0.2, 0) is 12.6 Å². The van der Waals surface area contributed by atoms with Crippen LogP contribution in [-0.4, -0.2) is 4.32 Å². The molecule has 0 aromatic heterocycles. The third kappa shape index (κ3) is 4.10. The van der Waals surface area contributed by atoms with Gasteiger partial charge in [0.2, 0.25) is 0 Å². The van der Waals surface area contributed by atoms with Gasteiger partial charge in [0.25, 0.3) is 0 Å². The van der Waals surface area contributed by atoms with Crippen molar-refractivity contribution in [2.45, 2.75) is 0 Å². The smallest absolute Gasteiger partial charge is 0.410 e. The Hall–Kier alpha value is 1.45. The molecule has 0 heterocycles. The van der Waals surface area contributed by atoms with Gasteiger partial charge in [-0.2, -0.15) is 0 Å². The van der Waals surface area contributed by atoms with Gasteiger partial charge in [-0.1, -0.05) is 18.2 Å². The second-order valence-electron chi connectivity index (χ2n) is 1.88. The molecule has 5 heteroatoms. The predicted molar refractivity (Wildman–Crippen MR) is 57.8 cm³/mol. The normalized spacial score (nSPS) is 8.42. The maximum atomic E-state index is 4.79. The summed E-state index contributed by atoms with van der Waals surface area (Å²) in [6.45, 7) is 0. The first-order chi connectivity index (χ1) is 5.22. The van der Waals surface area contributed by atoms with Crippen molar-refractivity contribution in [3.05, 3.63) is 30.3 Å². The topological polar surface area (TPSA) is 3.24 Å². The molecule has 0 fully saturated rings. The maximum absolute atomic E-state index is 4.79. The predicted octanol–water partition coefficient (Wildman–Crippen LogP) is -0.361. The number of benzene rings is 1. The third-order valence-electron chi connectivity index (χ3n) is 1.14. The number of rotatable bonds is 1. The van der Waals surface area contributed by atoms with Crippen molar-refractivity contribution >= 4 is 51.0 Å². The summed E-state index contributed by atoms with van der Waals surface area (Å²) in [4.78, 5) is 0. The summed E-state index contributed by atoms with van der Waals surface area (Å²) in [7, 11) is 0. The molecule has 0 N–H and O–H groups in total. The molecule has 0 radical (unpaired) electrons. The van der Waals surface area contributed by atoms with Gasteiger partial charge in [0, 0.05) is 0 Å². The molecule has 0 atom stereocenters. The van der Waals surface area contributed by atoms with E-state index in [0.29, 0.717) is 4.32 Å². The molecular weight excluding hydrogens is 281 g/mol. The van der Waals surface area contributed by atoms with E-state index in [4.69, 9.17) is 24.8 Å². The van der Waals surface area contributed by atoms with Crippen LogP contribution in [0.1, 0.15) is 0 Å². The summed E-state index contributed by atoms with van der Waals surface area (Å²) in [5.41, 5.74) is 0.951. The molecule has 0 spiro atoms. The fraction of sp³-hybridized carbons (Fsp3) is 0. The molecule has 0 bridgehead atoms. The number of para-hydroxylation sites is 1. The minimum absolute atomic E-state index is 0. The van der Waals surface area contributed by atoms with Crippen molar-refractivity contribution in [2.75, 3.05) is 3.93 Å². The van der Waals surface area contributed by atoms with Crippen LogP contribution in [0, 0.1) is 0 Å². The molecule has 12 heavy (non-hydrogen) atoms. The number of halogens is 1. The second-order valence-corrected chi connectivity index (χ2v) is 3.62. The van der Waals surface area contributed by atoms with Gasteiger partial charge in [0.1, 0.15) is 0 Å². The Morgan fingerprint density at radius 3 is 2.25 bits per heavy atom. The van der Waals surface area contributed by atoms with Crippen LogP contribution in [0.15, 0.2) is 30.3 Å². The first kappa shape index (κ1) is 13.4. The minimum Gasteiger partial charge on any atom is -0.410 e. The van der Waals surface area contributed by atoms with Crippen molar-refractivity contribution in [2.24, 2.45) is 0 Å². The van der Waals surface area contributed by atoms with Crippen LogP contribution in [0.25, 0.3) is 0 Å². The zero-order chi connectivity index (χ0) is 8.27. The zero-order valence-electron chi connectivity index (χ0n) is 6.53. The second kappa shape index (κ2) is 6.83. The summed E-state index contributed by atoms with van der Waals surface area (Å²) in [5, 5.41) is 0. The Balaban J connectivity index is 0.00000121. The summed E-state index contributed by atoms with van der Waals surface area (Å²) >= 11 is 12.8. The molecule has 1 aromatic carbocycles. The minimum atomic E-state index is 0. The Kier molecular flexibility index (Phi) is 7.66. The fourth-order valence-corrected chi connectivity index (χ4v) is 1.11. The SMILES string of the molecule is S=C([S-])N(Br)c1ccccc1.[K+]. The molecule has 0 saturated carbocycles. The van der Waals surface area contributed by atoms with Gasteiger partial charge in [-0.05, 0) is 16.5 Å². The molecule has 1 rings (SSSR count). The number of thiocarbonyl (C=S) groups is 1. The van der Waals surface area contributed by atoms with Gasteiger partial charge in [-0.15, -0.1) is 0 Å². The van der Waals surface area contributed by atoms with Gasteiger partial charge in [-0.3, -0.25) is 3.93 Å². The van der Waals surface area contributed by atoms with E-state index in [9.17, 15) is 0 Å². The van der Waals surface area contributed by atoms with Crippen molar-refractivity contribution in [1.29, 1.82) is 0 Å². The largest absolute Gasteiger partial charge is 1.00 e. The molecule has 0 amide bonds. The molecule has 0 aliphatic carbocycles. The summed E-state index contributed by atoms with van der Waals surface area (Å²) in [5.74, 6) is 0. The van der Waals surface area contributed by atoms with Crippen LogP contribution in [0.5, 0.6) is 0 Å². The molecular formula is C7H5BrKNS2. The molecule has 0 unspecified atom stereocenters. The van der Waals surface area contributed by atoms with Gasteiger partial charge in [0.05, 0.1) is 21.8 Å². The quantitative estimate of drug-likeness (QED) is 0.300. The Morgan fingerprint density at radius 2 is 1.83 bits per heavy atom. The molecule has 0 aliphatic rings. The maximum Gasteiger partial charge on any atom is 1.00 e. The molecule has 1 nitrogen and oxygen atoms in total. The van der Waals surface area contributed by atoms with E-state index in [0.717, 1.165) is 5.69 Å². The van der Waals surface area contributed by atoms with Crippen LogP contribution >= 0.6 is 28.4 Å². The molecule has 58 valence electrons. The monoisotopic (exact) mass is 285 g/mol. The van der Waals surface area contributed by atoms with Crippen molar-refractivity contribution in [3.8, 4) is 0 Å². The van der Waals surface area contributed by atoms with Crippen LogP contribution in [0.3, 0.4) is 0 Å². The van der Waals surface area contributed by atoms with Crippen molar-refractivity contribution in [1.82, 2.24) is 0 Å². The third-order valence-corrected chi connectivity index (χ3v) is 2.74. The van der Waals surface area contributed by atoms with E-state index < -0.39 is 0 Å². The van der Waals surface area contributed by atoms with E-state index >= 15 is 0 Å². The Labute approximate surface area is 134 Å². The van der Waals surface area contributed by atoms with E-state index in [1.807, 2.05) is 30.3 Å². The van der Waals surface area contributed by atoms with Gasteiger partial charge in [0.15, 0.2) is 0 Å². The number of nitrogens with zero attached hydrogens (tertiary/aromatic N) is 1. The van der Waals surface area contributed by atoms with Crippen molar-refractivity contribution < 1.29 is 51.4 Å². The number of hydrogen-bond donors (Lipinski definition) is 0. The number of hydrogen-bond acceptors (Lipinski definition) is 2. The average molecular weight is 286 g/mol. The molecule has 0 aliphatic heterocycles. The zero-order valence-corrected chi connectivity index (χ0v) is 12.9. The first-order valence-electron chi connectivity index (χ1n) is 2.94. The van der Waals surface area contributed by atoms with Crippen LogP contribution < -0.4 is 55.3 Å². The summed E-state index contributed by atoms with van der Waals surface area (Å²) in [6.07, 6.45) is 0. The first-order valence-corrected chi connectivity index (χ1v) is 4.46. The molecule has 1 aromatic rings. The number of anilines is 1. The molecule has 0 saturated heterocycles. The summed E-state index contributed by atoms with van der Waals surface area (Å²) in [6, 6.07) is 9.64. The van der Waals surface area contributed by atoms with Gasteiger partial charge in [-0.25, -0.2) is 0 Å². The van der Waals surface area contributed by atoms with E-state index in [2.05, 4.69) is 16.1 Å². The van der Waals surface area contributed by atoms with Crippen LogP contribution in [0.4, 0.5) is 5.69 Å². The standard InChI is InChI=1S/C7H6BrNS2.K/c8-9(7(10)11)6-4-2-1-3-5-6;/h1-5H,(H,10,11);/q;+1/p-1. The van der Waals surface area contributed by atoms with E-state index in [-0.39, 0.29) is 51.4 Å².